The molecule has 0 aliphatic carbocycles. The van der Waals surface area contributed by atoms with Crippen molar-refractivity contribution in [2.75, 3.05) is 27.2 Å². The Labute approximate surface area is 166 Å². The van der Waals surface area contributed by atoms with Crippen molar-refractivity contribution in [1.29, 1.82) is 0 Å². The molecule has 0 N–H and O–H groups in total. The van der Waals surface area contributed by atoms with E-state index in [0.29, 0.717) is 23.7 Å². The highest BCUT2D eigenvalue weighted by Crippen LogP contribution is 2.39. The van der Waals surface area contributed by atoms with Gasteiger partial charge in [0.2, 0.25) is 0 Å². The third-order valence-corrected chi connectivity index (χ3v) is 5.94. The minimum Gasteiger partial charge on any atom is -0.344 e. The Balaban J connectivity index is 1.66. The van der Waals surface area contributed by atoms with Crippen LogP contribution in [0, 0.1) is 6.92 Å². The molecule has 2 amide bonds. The molecule has 1 fully saturated rings. The number of rotatable bonds is 3. The summed E-state index contributed by atoms with van der Waals surface area (Å²) in [7, 11) is 3.47. The van der Waals surface area contributed by atoms with Gasteiger partial charge in [0.15, 0.2) is 0 Å². The third kappa shape index (κ3) is 3.22. The zero-order valence-electron chi connectivity index (χ0n) is 15.9. The summed E-state index contributed by atoms with van der Waals surface area (Å²) < 4.78 is 0. The van der Waals surface area contributed by atoms with Crippen LogP contribution in [0.5, 0.6) is 0 Å². The van der Waals surface area contributed by atoms with Crippen LogP contribution < -0.4 is 0 Å². The smallest absolute Gasteiger partial charge is 0.274 e. The van der Waals surface area contributed by atoms with Gasteiger partial charge in [0.05, 0.1) is 16.8 Å². The van der Waals surface area contributed by atoms with Crippen molar-refractivity contribution in [2.45, 2.75) is 19.3 Å². The van der Waals surface area contributed by atoms with Crippen molar-refractivity contribution in [3.8, 4) is 0 Å². The zero-order chi connectivity index (χ0) is 19.8. The molecule has 1 aliphatic heterocycles. The highest BCUT2D eigenvalue weighted by Gasteiger charge is 2.34. The molecule has 0 aromatic carbocycles. The molecule has 3 aromatic rings. The molecule has 0 radical (unpaired) electrons. The second kappa shape index (κ2) is 7.23. The zero-order valence-corrected chi connectivity index (χ0v) is 16.7. The minimum absolute atomic E-state index is 0.0340. The van der Waals surface area contributed by atoms with E-state index in [4.69, 9.17) is 0 Å². The molecule has 0 saturated carbocycles. The summed E-state index contributed by atoms with van der Waals surface area (Å²) in [6.45, 7) is 2.95. The van der Waals surface area contributed by atoms with E-state index in [1.54, 1.807) is 42.5 Å². The first-order valence-corrected chi connectivity index (χ1v) is 9.80. The van der Waals surface area contributed by atoms with Crippen LogP contribution in [0.3, 0.4) is 0 Å². The van der Waals surface area contributed by atoms with Crippen LogP contribution in [0.4, 0.5) is 0 Å². The van der Waals surface area contributed by atoms with Gasteiger partial charge in [-0.2, -0.15) is 0 Å². The number of aryl methyl sites for hydroxylation is 1. The second-order valence-corrected chi connectivity index (χ2v) is 8.03. The lowest BCUT2D eigenvalue weighted by molar-refractivity contribution is 0.0784. The van der Waals surface area contributed by atoms with Gasteiger partial charge in [0.1, 0.15) is 16.0 Å². The van der Waals surface area contributed by atoms with Gasteiger partial charge < -0.3 is 9.80 Å². The highest BCUT2D eigenvalue weighted by atomic mass is 32.1. The Bertz CT molecular complexity index is 1050. The quantitative estimate of drug-likeness (QED) is 0.673. The fourth-order valence-electron chi connectivity index (χ4n) is 3.43. The molecule has 1 saturated heterocycles. The van der Waals surface area contributed by atoms with E-state index in [1.165, 1.54) is 17.5 Å². The summed E-state index contributed by atoms with van der Waals surface area (Å²) in [5, 5.41) is 0. The molecule has 4 rings (SSSR count). The normalized spacial score (nSPS) is 16.5. The summed E-state index contributed by atoms with van der Waals surface area (Å²) in [5.74, 6) is -0.165. The predicted octanol–water partition coefficient (Wildman–Crippen LogP) is 2.12. The average Bonchev–Trinajstić information content (AvgIpc) is 3.31. The Kier molecular flexibility index (Phi) is 4.76. The molecular weight excluding hydrogens is 376 g/mol. The molecule has 28 heavy (non-hydrogen) atoms. The van der Waals surface area contributed by atoms with Gasteiger partial charge in [0, 0.05) is 57.3 Å². The second-order valence-electron chi connectivity index (χ2n) is 7.03. The van der Waals surface area contributed by atoms with Crippen LogP contribution in [-0.4, -0.2) is 68.7 Å². The Hall–Kier alpha value is -2.94. The average molecular weight is 396 g/mol. The monoisotopic (exact) mass is 396 g/mol. The van der Waals surface area contributed by atoms with Crippen molar-refractivity contribution in [1.82, 2.24) is 29.7 Å². The van der Waals surface area contributed by atoms with E-state index < -0.39 is 0 Å². The van der Waals surface area contributed by atoms with E-state index >= 15 is 0 Å². The molecule has 1 atom stereocenters. The first-order chi connectivity index (χ1) is 13.5. The van der Waals surface area contributed by atoms with E-state index in [0.717, 1.165) is 28.0 Å². The van der Waals surface area contributed by atoms with E-state index in [1.807, 2.05) is 6.92 Å². The summed E-state index contributed by atoms with van der Waals surface area (Å²) in [4.78, 5) is 47.5. The van der Waals surface area contributed by atoms with Crippen LogP contribution in [0.1, 0.15) is 43.8 Å². The van der Waals surface area contributed by atoms with Crippen LogP contribution in [-0.2, 0) is 0 Å². The lowest BCUT2D eigenvalue weighted by Gasteiger charge is -2.17. The van der Waals surface area contributed by atoms with E-state index in [9.17, 15) is 9.59 Å². The Morgan fingerprint density at radius 2 is 1.93 bits per heavy atom. The molecule has 9 heteroatoms. The van der Waals surface area contributed by atoms with Crippen molar-refractivity contribution in [3.05, 3.63) is 46.6 Å². The largest absolute Gasteiger partial charge is 0.344 e. The third-order valence-electron chi connectivity index (χ3n) is 4.85. The summed E-state index contributed by atoms with van der Waals surface area (Å²) in [6.07, 6.45) is 7.14. The minimum atomic E-state index is -0.138. The predicted molar refractivity (Wildman–Crippen MR) is 105 cm³/mol. The van der Waals surface area contributed by atoms with Crippen molar-refractivity contribution in [2.24, 2.45) is 0 Å². The Morgan fingerprint density at radius 3 is 2.64 bits per heavy atom. The van der Waals surface area contributed by atoms with Gasteiger partial charge in [0.25, 0.3) is 11.8 Å². The number of amides is 2. The van der Waals surface area contributed by atoms with Crippen LogP contribution >= 0.6 is 11.3 Å². The number of hydrogen-bond acceptors (Lipinski definition) is 7. The van der Waals surface area contributed by atoms with Crippen molar-refractivity contribution in [3.63, 3.8) is 0 Å². The molecule has 3 aromatic heterocycles. The van der Waals surface area contributed by atoms with Gasteiger partial charge >= 0.3 is 0 Å². The molecule has 144 valence electrons. The lowest BCUT2D eigenvalue weighted by atomic mass is 9.97. The van der Waals surface area contributed by atoms with Gasteiger partial charge in [-0.15, -0.1) is 11.3 Å². The maximum atomic E-state index is 12.8. The Morgan fingerprint density at radius 1 is 1.14 bits per heavy atom. The first kappa shape index (κ1) is 18.4. The first-order valence-electron chi connectivity index (χ1n) is 8.98. The number of nitrogens with zero attached hydrogens (tertiary/aromatic N) is 6. The van der Waals surface area contributed by atoms with Gasteiger partial charge in [-0.3, -0.25) is 19.6 Å². The standard InChI is InChI=1S/C19H20N6O2S/c1-11-8-23-13(9-22-11)18(26)25-7-4-12(10-25)14-15-17(21-6-5-20-15)28-16(14)19(27)24(2)3/h5-6,8-9,12H,4,7,10H2,1-3H3/t12-/m0/s1. The number of aromatic nitrogens is 4. The lowest BCUT2D eigenvalue weighted by Crippen LogP contribution is -2.29. The van der Waals surface area contributed by atoms with E-state index in [-0.39, 0.29) is 17.7 Å². The van der Waals surface area contributed by atoms with Gasteiger partial charge in [-0.1, -0.05) is 0 Å². The molecular formula is C19H20N6O2S. The van der Waals surface area contributed by atoms with Gasteiger partial charge in [-0.05, 0) is 13.3 Å². The number of fused-ring (bicyclic) bond motifs is 1. The SMILES string of the molecule is Cc1cnc(C(=O)N2CC[C@H](c3c(C(=O)N(C)C)sc4nccnc34)C2)cn1. The molecule has 1 aliphatic rings. The molecule has 0 spiro atoms. The van der Waals surface area contributed by atoms with Crippen molar-refractivity contribution >= 4 is 33.5 Å². The molecule has 0 unspecified atom stereocenters. The van der Waals surface area contributed by atoms with E-state index in [2.05, 4.69) is 19.9 Å². The number of hydrogen-bond donors (Lipinski definition) is 0. The number of thiophene rings is 1. The van der Waals surface area contributed by atoms with Crippen LogP contribution in [0.2, 0.25) is 0 Å². The fourth-order valence-corrected chi connectivity index (χ4v) is 4.64. The number of carbonyl (C=O) groups excluding carboxylic acids is 2. The summed E-state index contributed by atoms with van der Waals surface area (Å²) in [6, 6.07) is 0. The van der Waals surface area contributed by atoms with Gasteiger partial charge in [-0.25, -0.2) is 9.97 Å². The number of carbonyl (C=O) groups is 2. The summed E-state index contributed by atoms with van der Waals surface area (Å²) in [5.41, 5.74) is 2.76. The van der Waals surface area contributed by atoms with Crippen LogP contribution in [0.15, 0.2) is 24.8 Å². The maximum absolute atomic E-state index is 12.8. The highest BCUT2D eigenvalue weighted by molar-refractivity contribution is 7.20. The fraction of sp³-hybridized carbons (Fsp3) is 0.368. The maximum Gasteiger partial charge on any atom is 0.274 e. The molecule has 4 heterocycles. The van der Waals surface area contributed by atoms with Crippen LogP contribution in [0.25, 0.3) is 10.3 Å². The van der Waals surface area contributed by atoms with Crippen molar-refractivity contribution < 1.29 is 9.59 Å². The number of likely N-dealkylation sites (tertiary alicyclic amines) is 1. The molecule has 0 bridgehead atoms. The summed E-state index contributed by atoms with van der Waals surface area (Å²) >= 11 is 1.36. The topological polar surface area (TPSA) is 92.2 Å². The molecule has 8 nitrogen and oxygen atoms in total.